The van der Waals surface area contributed by atoms with E-state index in [4.69, 9.17) is 0 Å². The van der Waals surface area contributed by atoms with Gasteiger partial charge in [-0.15, -0.1) is 0 Å². The zero-order chi connectivity index (χ0) is 15.8. The zero-order valence-corrected chi connectivity index (χ0v) is 13.9. The standard InChI is InChI=1S/C18H26N2O/c1-12(2)11-15-16(14-9-7-13(3)8-10-14)17(21)20(19-15)18(4,5)6/h7-10,12,19H,11H2,1-6H3. The van der Waals surface area contributed by atoms with Crippen molar-refractivity contribution in [2.24, 2.45) is 5.92 Å². The molecular weight excluding hydrogens is 260 g/mol. The summed E-state index contributed by atoms with van der Waals surface area (Å²) in [4.78, 5) is 12.8. The third-order valence-corrected chi connectivity index (χ3v) is 3.59. The predicted molar refractivity (Wildman–Crippen MR) is 88.8 cm³/mol. The molecule has 1 aromatic carbocycles. The summed E-state index contributed by atoms with van der Waals surface area (Å²) in [6.07, 6.45) is 0.877. The van der Waals surface area contributed by atoms with Gasteiger partial charge in [-0.3, -0.25) is 9.89 Å². The maximum absolute atomic E-state index is 12.8. The van der Waals surface area contributed by atoms with E-state index in [-0.39, 0.29) is 11.1 Å². The second-order valence-electron chi connectivity index (χ2n) is 7.24. The van der Waals surface area contributed by atoms with E-state index in [2.05, 4.69) is 38.0 Å². The van der Waals surface area contributed by atoms with Crippen LogP contribution in [-0.4, -0.2) is 9.78 Å². The number of aryl methyl sites for hydroxylation is 1. The average molecular weight is 286 g/mol. The number of hydrogen-bond acceptors (Lipinski definition) is 1. The molecule has 0 aliphatic heterocycles. The van der Waals surface area contributed by atoms with Crippen LogP contribution in [0.2, 0.25) is 0 Å². The van der Waals surface area contributed by atoms with E-state index in [0.717, 1.165) is 23.2 Å². The van der Waals surface area contributed by atoms with Crippen LogP contribution < -0.4 is 5.56 Å². The second-order valence-corrected chi connectivity index (χ2v) is 7.24. The summed E-state index contributed by atoms with van der Waals surface area (Å²) >= 11 is 0. The van der Waals surface area contributed by atoms with Crippen LogP contribution in [0.25, 0.3) is 11.1 Å². The normalized spacial score (nSPS) is 12.1. The minimum absolute atomic E-state index is 0.0713. The molecule has 0 unspecified atom stereocenters. The first kappa shape index (κ1) is 15.6. The molecule has 2 rings (SSSR count). The maximum atomic E-state index is 12.8. The molecule has 0 saturated heterocycles. The molecule has 0 amide bonds. The molecule has 114 valence electrons. The van der Waals surface area contributed by atoms with E-state index < -0.39 is 0 Å². The van der Waals surface area contributed by atoms with Gasteiger partial charge in [-0.1, -0.05) is 43.7 Å². The van der Waals surface area contributed by atoms with Crippen LogP contribution in [0.3, 0.4) is 0 Å². The Morgan fingerprint density at radius 2 is 1.71 bits per heavy atom. The molecule has 0 radical (unpaired) electrons. The summed E-state index contributed by atoms with van der Waals surface area (Å²) in [5, 5.41) is 3.34. The molecule has 0 aliphatic carbocycles. The van der Waals surface area contributed by atoms with E-state index in [1.165, 1.54) is 5.56 Å². The number of hydrogen-bond donors (Lipinski definition) is 1. The molecule has 3 nitrogen and oxygen atoms in total. The molecule has 1 N–H and O–H groups in total. The molecule has 0 bridgehead atoms. The first-order chi connectivity index (χ1) is 9.70. The van der Waals surface area contributed by atoms with Crippen LogP contribution in [0.1, 0.15) is 45.9 Å². The van der Waals surface area contributed by atoms with E-state index in [0.29, 0.717) is 5.92 Å². The Balaban J connectivity index is 2.64. The quantitative estimate of drug-likeness (QED) is 0.906. The van der Waals surface area contributed by atoms with E-state index >= 15 is 0 Å². The Hall–Kier alpha value is -1.77. The largest absolute Gasteiger partial charge is 0.299 e. The minimum Gasteiger partial charge on any atom is -0.299 e. The van der Waals surface area contributed by atoms with Crippen molar-refractivity contribution in [2.75, 3.05) is 0 Å². The monoisotopic (exact) mass is 286 g/mol. The molecule has 2 aromatic rings. The van der Waals surface area contributed by atoms with Crippen LogP contribution >= 0.6 is 0 Å². The third kappa shape index (κ3) is 3.29. The van der Waals surface area contributed by atoms with Crippen molar-refractivity contribution in [3.05, 3.63) is 45.9 Å². The Bertz CT molecular complexity index is 667. The fourth-order valence-corrected chi connectivity index (χ4v) is 2.53. The Morgan fingerprint density at radius 1 is 1.14 bits per heavy atom. The van der Waals surface area contributed by atoms with Crippen LogP contribution in [0.15, 0.2) is 29.1 Å². The summed E-state index contributed by atoms with van der Waals surface area (Å²) in [5.41, 5.74) is 3.89. The summed E-state index contributed by atoms with van der Waals surface area (Å²) in [5.74, 6) is 0.501. The summed E-state index contributed by atoms with van der Waals surface area (Å²) in [6, 6.07) is 8.19. The zero-order valence-electron chi connectivity index (χ0n) is 13.9. The molecule has 0 saturated carbocycles. The lowest BCUT2D eigenvalue weighted by Crippen LogP contribution is -2.32. The molecule has 1 heterocycles. The van der Waals surface area contributed by atoms with Crippen molar-refractivity contribution in [3.63, 3.8) is 0 Å². The first-order valence-corrected chi connectivity index (χ1v) is 7.61. The number of H-pyrrole nitrogens is 1. The number of aromatic nitrogens is 2. The highest BCUT2D eigenvalue weighted by atomic mass is 16.1. The molecule has 0 spiro atoms. The number of benzene rings is 1. The number of rotatable bonds is 3. The number of nitrogens with zero attached hydrogens (tertiary/aromatic N) is 1. The lowest BCUT2D eigenvalue weighted by atomic mass is 9.99. The molecule has 21 heavy (non-hydrogen) atoms. The lowest BCUT2D eigenvalue weighted by Gasteiger charge is -2.19. The van der Waals surface area contributed by atoms with E-state index in [1.54, 1.807) is 4.68 Å². The van der Waals surface area contributed by atoms with Crippen molar-refractivity contribution in [1.82, 2.24) is 9.78 Å². The Morgan fingerprint density at radius 3 is 2.19 bits per heavy atom. The summed E-state index contributed by atoms with van der Waals surface area (Å²) in [6.45, 7) is 12.5. The third-order valence-electron chi connectivity index (χ3n) is 3.59. The fourth-order valence-electron chi connectivity index (χ4n) is 2.53. The van der Waals surface area contributed by atoms with Gasteiger partial charge >= 0.3 is 0 Å². The molecule has 3 heteroatoms. The topological polar surface area (TPSA) is 37.8 Å². The van der Waals surface area contributed by atoms with Gasteiger partial charge in [-0.25, -0.2) is 4.68 Å². The van der Waals surface area contributed by atoms with Gasteiger partial charge in [0.15, 0.2) is 0 Å². The molecule has 1 aromatic heterocycles. The van der Waals surface area contributed by atoms with Gasteiger partial charge < -0.3 is 0 Å². The van der Waals surface area contributed by atoms with Gasteiger partial charge in [-0.05, 0) is 45.6 Å². The van der Waals surface area contributed by atoms with Crippen molar-refractivity contribution in [2.45, 2.75) is 53.5 Å². The van der Waals surface area contributed by atoms with Crippen LogP contribution in [0.5, 0.6) is 0 Å². The van der Waals surface area contributed by atoms with Crippen molar-refractivity contribution < 1.29 is 0 Å². The molecule has 0 fully saturated rings. The Kier molecular flexibility index (Phi) is 4.13. The number of aromatic amines is 1. The van der Waals surface area contributed by atoms with Gasteiger partial charge in [-0.2, -0.15) is 0 Å². The lowest BCUT2D eigenvalue weighted by molar-refractivity contribution is 0.342. The predicted octanol–water partition coefficient (Wildman–Crippen LogP) is 4.11. The molecule has 0 aliphatic rings. The average Bonchev–Trinajstić information content (AvgIpc) is 2.67. The maximum Gasteiger partial charge on any atom is 0.275 e. The van der Waals surface area contributed by atoms with Gasteiger partial charge in [0.05, 0.1) is 11.1 Å². The smallest absolute Gasteiger partial charge is 0.275 e. The number of nitrogens with one attached hydrogen (secondary N) is 1. The fraction of sp³-hybridized carbons (Fsp3) is 0.500. The van der Waals surface area contributed by atoms with E-state index in [1.807, 2.05) is 32.9 Å². The highest BCUT2D eigenvalue weighted by molar-refractivity contribution is 5.65. The van der Waals surface area contributed by atoms with Gasteiger partial charge in [0.25, 0.3) is 5.56 Å². The van der Waals surface area contributed by atoms with Gasteiger partial charge in [0, 0.05) is 5.69 Å². The van der Waals surface area contributed by atoms with Crippen LogP contribution in [-0.2, 0) is 12.0 Å². The SMILES string of the molecule is Cc1ccc(-c2c(CC(C)C)[nH]n(C(C)(C)C)c2=O)cc1. The second kappa shape index (κ2) is 5.55. The highest BCUT2D eigenvalue weighted by Gasteiger charge is 2.23. The van der Waals surface area contributed by atoms with E-state index in [9.17, 15) is 4.79 Å². The Labute approximate surface area is 127 Å². The highest BCUT2D eigenvalue weighted by Crippen LogP contribution is 2.24. The first-order valence-electron chi connectivity index (χ1n) is 7.61. The summed E-state index contributed by atoms with van der Waals surface area (Å²) in [7, 11) is 0. The van der Waals surface area contributed by atoms with Crippen molar-refractivity contribution in [1.29, 1.82) is 0 Å². The minimum atomic E-state index is -0.244. The molecule has 0 atom stereocenters. The van der Waals surface area contributed by atoms with Crippen LogP contribution in [0.4, 0.5) is 0 Å². The van der Waals surface area contributed by atoms with Crippen LogP contribution in [0, 0.1) is 12.8 Å². The van der Waals surface area contributed by atoms with Gasteiger partial charge in [0.2, 0.25) is 0 Å². The van der Waals surface area contributed by atoms with Crippen molar-refractivity contribution in [3.8, 4) is 11.1 Å². The molecular formula is C18H26N2O. The van der Waals surface area contributed by atoms with Gasteiger partial charge in [0.1, 0.15) is 0 Å². The van der Waals surface area contributed by atoms with Crippen molar-refractivity contribution >= 4 is 0 Å². The summed E-state index contributed by atoms with van der Waals surface area (Å²) < 4.78 is 1.75.